The molecule has 0 atom stereocenters. The second-order valence-electron chi connectivity index (χ2n) is 5.05. The van der Waals surface area contributed by atoms with Crippen LogP contribution in [0.4, 0.5) is 5.69 Å². The zero-order chi connectivity index (χ0) is 14.5. The maximum Gasteiger partial charge on any atom is 0.122 e. The molecule has 4 nitrogen and oxygen atoms in total. The van der Waals surface area contributed by atoms with Gasteiger partial charge in [-0.15, -0.1) is 0 Å². The number of nitrogens with two attached hydrogens (primary N) is 1. The molecule has 0 unspecified atom stereocenters. The van der Waals surface area contributed by atoms with Crippen molar-refractivity contribution in [1.82, 2.24) is 9.88 Å². The van der Waals surface area contributed by atoms with Crippen LogP contribution >= 0.6 is 0 Å². The first-order valence-corrected chi connectivity index (χ1v) is 6.61. The molecule has 0 radical (unpaired) electrons. The number of benzene rings is 1. The lowest BCUT2D eigenvalue weighted by Crippen LogP contribution is -2.18. The van der Waals surface area contributed by atoms with E-state index in [0.29, 0.717) is 0 Å². The molecule has 1 aromatic carbocycles. The molecule has 0 saturated carbocycles. The Hall–Kier alpha value is -2.07. The summed E-state index contributed by atoms with van der Waals surface area (Å²) in [6.07, 6.45) is 0. The summed E-state index contributed by atoms with van der Waals surface area (Å²) < 4.78 is 5.28. The van der Waals surface area contributed by atoms with Gasteiger partial charge in [0.2, 0.25) is 0 Å². The van der Waals surface area contributed by atoms with Crippen LogP contribution in [0.3, 0.4) is 0 Å². The monoisotopic (exact) mass is 271 g/mol. The van der Waals surface area contributed by atoms with E-state index in [0.717, 1.165) is 35.9 Å². The van der Waals surface area contributed by atoms with E-state index in [2.05, 4.69) is 29.1 Å². The van der Waals surface area contributed by atoms with Crippen molar-refractivity contribution in [2.75, 3.05) is 19.9 Å². The third kappa shape index (κ3) is 3.96. The van der Waals surface area contributed by atoms with Crippen LogP contribution < -0.4 is 10.5 Å². The van der Waals surface area contributed by atoms with Gasteiger partial charge in [0.15, 0.2) is 0 Å². The average Bonchev–Trinajstić information content (AvgIpc) is 2.40. The Labute approximate surface area is 120 Å². The van der Waals surface area contributed by atoms with E-state index in [1.54, 1.807) is 7.11 Å². The topological polar surface area (TPSA) is 51.4 Å². The highest BCUT2D eigenvalue weighted by atomic mass is 16.5. The lowest BCUT2D eigenvalue weighted by Gasteiger charge is -2.17. The van der Waals surface area contributed by atoms with Crippen molar-refractivity contribution in [2.45, 2.75) is 20.0 Å². The molecule has 0 aliphatic carbocycles. The first kappa shape index (κ1) is 14.3. The Morgan fingerprint density at radius 2 is 1.85 bits per heavy atom. The van der Waals surface area contributed by atoms with Crippen LogP contribution in [0.5, 0.6) is 5.75 Å². The van der Waals surface area contributed by atoms with Crippen molar-refractivity contribution >= 4 is 5.69 Å². The number of pyridine rings is 1. The maximum absolute atomic E-state index is 5.69. The number of hydrogen-bond donors (Lipinski definition) is 1. The Bertz CT molecular complexity index is 566. The predicted octanol–water partition coefficient (Wildman–Crippen LogP) is 2.61. The van der Waals surface area contributed by atoms with Gasteiger partial charge in [0.1, 0.15) is 5.75 Å². The number of aromatic nitrogens is 1. The highest BCUT2D eigenvalue weighted by Crippen LogP contribution is 2.15. The minimum absolute atomic E-state index is 0.780. The summed E-state index contributed by atoms with van der Waals surface area (Å²) in [4.78, 5) is 6.75. The van der Waals surface area contributed by atoms with Crippen molar-refractivity contribution in [3.8, 4) is 5.75 Å². The van der Waals surface area contributed by atoms with Crippen LogP contribution in [-0.2, 0) is 13.1 Å². The van der Waals surface area contributed by atoms with Crippen LogP contribution in [-0.4, -0.2) is 24.0 Å². The van der Waals surface area contributed by atoms with Crippen LogP contribution in [0.25, 0.3) is 0 Å². The minimum Gasteiger partial charge on any atom is -0.497 e. The molecule has 2 aromatic rings. The second-order valence-corrected chi connectivity index (χ2v) is 5.05. The van der Waals surface area contributed by atoms with Crippen LogP contribution in [0.1, 0.15) is 17.0 Å². The lowest BCUT2D eigenvalue weighted by molar-refractivity contribution is 0.314. The van der Waals surface area contributed by atoms with Gasteiger partial charge in [-0.2, -0.15) is 0 Å². The van der Waals surface area contributed by atoms with Gasteiger partial charge in [0.05, 0.1) is 12.8 Å². The fourth-order valence-electron chi connectivity index (χ4n) is 2.17. The number of ether oxygens (including phenoxy) is 1. The zero-order valence-corrected chi connectivity index (χ0v) is 12.3. The molecule has 0 aliphatic rings. The summed E-state index contributed by atoms with van der Waals surface area (Å²) in [5, 5.41) is 0. The molecule has 0 bridgehead atoms. The minimum atomic E-state index is 0.780. The molecule has 2 N–H and O–H groups in total. The van der Waals surface area contributed by atoms with Crippen molar-refractivity contribution in [1.29, 1.82) is 0 Å². The van der Waals surface area contributed by atoms with Crippen molar-refractivity contribution in [3.05, 3.63) is 53.3 Å². The summed E-state index contributed by atoms with van der Waals surface area (Å²) in [6.45, 7) is 3.62. The molecule has 1 aromatic heterocycles. The Morgan fingerprint density at radius 3 is 2.50 bits per heavy atom. The highest BCUT2D eigenvalue weighted by molar-refractivity contribution is 5.39. The van der Waals surface area contributed by atoms with Crippen molar-refractivity contribution < 1.29 is 4.74 Å². The molecule has 1 heterocycles. The molecule has 0 aliphatic heterocycles. The van der Waals surface area contributed by atoms with Crippen molar-refractivity contribution in [3.63, 3.8) is 0 Å². The third-order valence-electron chi connectivity index (χ3n) is 3.08. The van der Waals surface area contributed by atoms with Gasteiger partial charge < -0.3 is 10.5 Å². The number of nitrogen functional groups attached to an aromatic ring is 1. The summed E-state index contributed by atoms with van der Waals surface area (Å²) in [5.74, 6) is 0.855. The largest absolute Gasteiger partial charge is 0.497 e. The summed E-state index contributed by atoms with van der Waals surface area (Å²) in [5.41, 5.74) is 9.71. The van der Waals surface area contributed by atoms with E-state index >= 15 is 0 Å². The average molecular weight is 271 g/mol. The van der Waals surface area contributed by atoms with Gasteiger partial charge in [-0.3, -0.25) is 9.88 Å². The number of methoxy groups -OCH3 is 1. The normalized spacial score (nSPS) is 10.8. The molecule has 20 heavy (non-hydrogen) atoms. The van der Waals surface area contributed by atoms with Gasteiger partial charge in [0.25, 0.3) is 0 Å². The van der Waals surface area contributed by atoms with E-state index in [-0.39, 0.29) is 0 Å². The summed E-state index contributed by atoms with van der Waals surface area (Å²) >= 11 is 0. The summed E-state index contributed by atoms with van der Waals surface area (Å²) in [6, 6.07) is 11.9. The quantitative estimate of drug-likeness (QED) is 0.849. The van der Waals surface area contributed by atoms with Crippen LogP contribution in [0, 0.1) is 6.92 Å². The zero-order valence-electron chi connectivity index (χ0n) is 12.3. The second kappa shape index (κ2) is 6.39. The van der Waals surface area contributed by atoms with Gasteiger partial charge in [-0.25, -0.2) is 0 Å². The highest BCUT2D eigenvalue weighted by Gasteiger charge is 2.05. The molecule has 106 valence electrons. The van der Waals surface area contributed by atoms with E-state index in [4.69, 9.17) is 10.5 Å². The number of anilines is 1. The Balaban J connectivity index is 2.02. The maximum atomic E-state index is 5.69. The van der Waals surface area contributed by atoms with Gasteiger partial charge in [0, 0.05) is 36.6 Å². The first-order valence-electron chi connectivity index (χ1n) is 6.61. The van der Waals surface area contributed by atoms with Crippen LogP contribution in [0.15, 0.2) is 36.4 Å². The van der Waals surface area contributed by atoms with E-state index in [1.807, 2.05) is 31.2 Å². The molecule has 0 fully saturated rings. The SMILES string of the molecule is COc1cc(C)nc(CN(C)Cc2ccc(N)cc2)c1. The van der Waals surface area contributed by atoms with Crippen molar-refractivity contribution in [2.24, 2.45) is 0 Å². The Morgan fingerprint density at radius 1 is 1.15 bits per heavy atom. The molecule has 0 saturated heterocycles. The molecule has 4 heteroatoms. The Kier molecular flexibility index (Phi) is 4.58. The molecular formula is C16H21N3O. The lowest BCUT2D eigenvalue weighted by atomic mass is 10.2. The number of rotatable bonds is 5. The molecule has 2 rings (SSSR count). The van der Waals surface area contributed by atoms with E-state index < -0.39 is 0 Å². The predicted molar refractivity (Wildman–Crippen MR) is 81.6 cm³/mol. The molecule has 0 spiro atoms. The number of aryl methyl sites for hydroxylation is 1. The number of nitrogens with zero attached hydrogens (tertiary/aromatic N) is 2. The van der Waals surface area contributed by atoms with E-state index in [1.165, 1.54) is 5.56 Å². The van der Waals surface area contributed by atoms with Crippen LogP contribution in [0.2, 0.25) is 0 Å². The van der Waals surface area contributed by atoms with E-state index in [9.17, 15) is 0 Å². The van der Waals surface area contributed by atoms with Gasteiger partial charge >= 0.3 is 0 Å². The van der Waals surface area contributed by atoms with Gasteiger partial charge in [-0.05, 0) is 31.7 Å². The summed E-state index contributed by atoms with van der Waals surface area (Å²) in [7, 11) is 3.75. The fourth-order valence-corrected chi connectivity index (χ4v) is 2.17. The number of hydrogen-bond acceptors (Lipinski definition) is 4. The fraction of sp³-hybridized carbons (Fsp3) is 0.312. The smallest absolute Gasteiger partial charge is 0.122 e. The van der Waals surface area contributed by atoms with Gasteiger partial charge in [-0.1, -0.05) is 12.1 Å². The molecular weight excluding hydrogens is 250 g/mol. The standard InChI is InChI=1S/C16H21N3O/c1-12-8-16(20-3)9-15(18-12)11-19(2)10-13-4-6-14(17)7-5-13/h4-9H,10-11,17H2,1-3H3. The first-order chi connectivity index (χ1) is 9.56. The third-order valence-corrected chi connectivity index (χ3v) is 3.08. The molecule has 0 amide bonds.